The van der Waals surface area contributed by atoms with E-state index >= 15 is 0 Å². The molecule has 0 aromatic heterocycles. The molecule has 0 atom stereocenters. The number of benzene rings is 1. The Morgan fingerprint density at radius 1 is 1.04 bits per heavy atom. The first-order chi connectivity index (χ1) is 11.7. The zero-order valence-electron chi connectivity index (χ0n) is 14.9. The zero-order chi connectivity index (χ0) is 17.4. The smallest absolute Gasteiger partial charge is 0.253 e. The topological polar surface area (TPSA) is 52.7 Å². The van der Waals surface area contributed by atoms with E-state index in [2.05, 4.69) is 19.2 Å². The fourth-order valence-electron chi connectivity index (χ4n) is 3.02. The standard InChI is InChI=1S/C19H29N3O2/c1-3-11-21(12-4-2)18(23)15-20-17-9-7-16(8-10-17)19(24)22-13-5-6-14-22/h7-10,20H,3-6,11-15H2,1-2H3. The molecule has 5 heteroatoms. The average Bonchev–Trinajstić information content (AvgIpc) is 3.14. The second kappa shape index (κ2) is 9.30. The summed E-state index contributed by atoms with van der Waals surface area (Å²) in [5, 5.41) is 3.16. The quantitative estimate of drug-likeness (QED) is 0.797. The number of hydrogen-bond acceptors (Lipinski definition) is 3. The predicted octanol–water partition coefficient (Wildman–Crippen LogP) is 2.98. The van der Waals surface area contributed by atoms with Gasteiger partial charge in [0.15, 0.2) is 0 Å². The average molecular weight is 331 g/mol. The summed E-state index contributed by atoms with van der Waals surface area (Å²) in [4.78, 5) is 28.4. The van der Waals surface area contributed by atoms with E-state index in [-0.39, 0.29) is 11.8 Å². The summed E-state index contributed by atoms with van der Waals surface area (Å²) < 4.78 is 0. The van der Waals surface area contributed by atoms with Crippen LogP contribution < -0.4 is 5.32 Å². The predicted molar refractivity (Wildman–Crippen MR) is 97.2 cm³/mol. The second-order valence-electron chi connectivity index (χ2n) is 6.31. The van der Waals surface area contributed by atoms with E-state index in [1.165, 1.54) is 0 Å². The lowest BCUT2D eigenvalue weighted by atomic mass is 10.2. The molecule has 1 aromatic carbocycles. The van der Waals surface area contributed by atoms with Gasteiger partial charge in [-0.3, -0.25) is 9.59 Å². The van der Waals surface area contributed by atoms with Crippen molar-refractivity contribution in [2.45, 2.75) is 39.5 Å². The highest BCUT2D eigenvalue weighted by atomic mass is 16.2. The number of hydrogen-bond donors (Lipinski definition) is 1. The number of rotatable bonds is 8. The molecular formula is C19H29N3O2. The van der Waals surface area contributed by atoms with Crippen LogP contribution >= 0.6 is 0 Å². The molecule has 0 radical (unpaired) electrons. The van der Waals surface area contributed by atoms with Crippen molar-refractivity contribution < 1.29 is 9.59 Å². The Kier molecular flexibility index (Phi) is 7.09. The van der Waals surface area contributed by atoms with Gasteiger partial charge in [0.1, 0.15) is 0 Å². The van der Waals surface area contributed by atoms with Gasteiger partial charge in [0.2, 0.25) is 5.91 Å². The van der Waals surface area contributed by atoms with Gasteiger partial charge in [-0.05, 0) is 49.9 Å². The maximum atomic E-state index is 12.3. The van der Waals surface area contributed by atoms with Gasteiger partial charge in [0.25, 0.3) is 5.91 Å². The molecule has 24 heavy (non-hydrogen) atoms. The third-order valence-corrected chi connectivity index (χ3v) is 4.31. The number of anilines is 1. The molecule has 0 spiro atoms. The minimum atomic E-state index is 0.104. The summed E-state index contributed by atoms with van der Waals surface area (Å²) in [6.45, 7) is 7.78. The summed E-state index contributed by atoms with van der Waals surface area (Å²) in [6, 6.07) is 7.42. The molecule has 1 saturated heterocycles. The third kappa shape index (κ3) is 4.98. The molecular weight excluding hydrogens is 302 g/mol. The molecule has 0 saturated carbocycles. The number of likely N-dealkylation sites (tertiary alicyclic amines) is 1. The molecule has 1 aliphatic rings. The van der Waals surface area contributed by atoms with E-state index in [1.807, 2.05) is 34.1 Å². The van der Waals surface area contributed by atoms with Crippen LogP contribution in [0.1, 0.15) is 49.9 Å². The summed E-state index contributed by atoms with van der Waals surface area (Å²) in [5.41, 5.74) is 1.58. The van der Waals surface area contributed by atoms with Gasteiger partial charge in [-0.25, -0.2) is 0 Å². The Bertz CT molecular complexity index is 530. The van der Waals surface area contributed by atoms with Crippen molar-refractivity contribution in [1.82, 2.24) is 9.80 Å². The van der Waals surface area contributed by atoms with Crippen LogP contribution in [0.2, 0.25) is 0 Å². The molecule has 5 nitrogen and oxygen atoms in total. The highest BCUT2D eigenvalue weighted by Gasteiger charge is 2.19. The summed E-state index contributed by atoms with van der Waals surface area (Å²) >= 11 is 0. The van der Waals surface area contributed by atoms with Crippen LogP contribution in [0.15, 0.2) is 24.3 Å². The van der Waals surface area contributed by atoms with E-state index in [1.54, 1.807) is 0 Å². The van der Waals surface area contributed by atoms with Gasteiger partial charge in [-0.1, -0.05) is 13.8 Å². The van der Waals surface area contributed by atoms with Crippen molar-refractivity contribution >= 4 is 17.5 Å². The molecule has 1 aliphatic heterocycles. The summed E-state index contributed by atoms with van der Waals surface area (Å²) in [5.74, 6) is 0.225. The minimum absolute atomic E-state index is 0.104. The zero-order valence-corrected chi connectivity index (χ0v) is 14.9. The van der Waals surface area contributed by atoms with Crippen molar-refractivity contribution in [1.29, 1.82) is 0 Å². The van der Waals surface area contributed by atoms with Crippen LogP contribution in [0.25, 0.3) is 0 Å². The number of nitrogens with one attached hydrogen (secondary N) is 1. The van der Waals surface area contributed by atoms with Crippen LogP contribution in [-0.2, 0) is 4.79 Å². The van der Waals surface area contributed by atoms with Gasteiger partial charge in [0.05, 0.1) is 6.54 Å². The largest absolute Gasteiger partial charge is 0.376 e. The number of amides is 2. The van der Waals surface area contributed by atoms with Gasteiger partial charge in [0, 0.05) is 37.4 Å². The fourth-order valence-corrected chi connectivity index (χ4v) is 3.02. The molecule has 1 fully saturated rings. The fraction of sp³-hybridized carbons (Fsp3) is 0.579. The van der Waals surface area contributed by atoms with Crippen LogP contribution in [0.4, 0.5) is 5.69 Å². The van der Waals surface area contributed by atoms with E-state index in [9.17, 15) is 9.59 Å². The maximum Gasteiger partial charge on any atom is 0.253 e. The molecule has 1 aromatic rings. The van der Waals surface area contributed by atoms with E-state index in [0.717, 1.165) is 57.5 Å². The Hall–Kier alpha value is -2.04. The Morgan fingerprint density at radius 2 is 1.62 bits per heavy atom. The van der Waals surface area contributed by atoms with Crippen molar-refractivity contribution in [3.8, 4) is 0 Å². The van der Waals surface area contributed by atoms with Crippen LogP contribution in [0.5, 0.6) is 0 Å². The van der Waals surface area contributed by atoms with E-state index < -0.39 is 0 Å². The van der Waals surface area contributed by atoms with Crippen molar-refractivity contribution in [2.24, 2.45) is 0 Å². The number of carbonyl (C=O) groups excluding carboxylic acids is 2. The van der Waals surface area contributed by atoms with Crippen LogP contribution in [-0.4, -0.2) is 54.3 Å². The molecule has 2 amide bonds. The van der Waals surface area contributed by atoms with Crippen LogP contribution in [0, 0.1) is 0 Å². The Labute approximate surface area is 145 Å². The molecule has 1 heterocycles. The van der Waals surface area contributed by atoms with Gasteiger partial charge < -0.3 is 15.1 Å². The number of carbonyl (C=O) groups is 2. The molecule has 132 valence electrons. The lowest BCUT2D eigenvalue weighted by molar-refractivity contribution is -0.129. The second-order valence-corrected chi connectivity index (χ2v) is 6.31. The van der Waals surface area contributed by atoms with Gasteiger partial charge in [-0.15, -0.1) is 0 Å². The highest BCUT2D eigenvalue weighted by Crippen LogP contribution is 2.15. The van der Waals surface area contributed by atoms with Crippen molar-refractivity contribution in [3.05, 3.63) is 29.8 Å². The Morgan fingerprint density at radius 3 is 2.17 bits per heavy atom. The first kappa shape index (κ1) is 18.3. The lowest BCUT2D eigenvalue weighted by Gasteiger charge is -2.22. The summed E-state index contributed by atoms with van der Waals surface area (Å²) in [7, 11) is 0. The van der Waals surface area contributed by atoms with Crippen molar-refractivity contribution in [3.63, 3.8) is 0 Å². The highest BCUT2D eigenvalue weighted by molar-refractivity contribution is 5.94. The van der Waals surface area contributed by atoms with E-state index in [4.69, 9.17) is 0 Å². The lowest BCUT2D eigenvalue weighted by Crippen LogP contribution is -2.36. The first-order valence-electron chi connectivity index (χ1n) is 9.06. The molecule has 0 aliphatic carbocycles. The monoisotopic (exact) mass is 331 g/mol. The van der Waals surface area contributed by atoms with Crippen molar-refractivity contribution in [2.75, 3.05) is 38.0 Å². The van der Waals surface area contributed by atoms with Crippen LogP contribution in [0.3, 0.4) is 0 Å². The Balaban J connectivity index is 1.86. The summed E-state index contributed by atoms with van der Waals surface area (Å²) in [6.07, 6.45) is 4.14. The normalized spacial score (nSPS) is 13.8. The molecule has 0 unspecified atom stereocenters. The maximum absolute atomic E-state index is 12.3. The molecule has 0 bridgehead atoms. The van der Waals surface area contributed by atoms with E-state index in [0.29, 0.717) is 12.1 Å². The third-order valence-electron chi connectivity index (χ3n) is 4.31. The van der Waals surface area contributed by atoms with Gasteiger partial charge >= 0.3 is 0 Å². The minimum Gasteiger partial charge on any atom is -0.376 e. The number of nitrogens with zero attached hydrogens (tertiary/aromatic N) is 2. The SMILES string of the molecule is CCCN(CCC)C(=O)CNc1ccc(C(=O)N2CCCC2)cc1. The van der Waals surface area contributed by atoms with Gasteiger partial charge in [-0.2, -0.15) is 0 Å². The first-order valence-corrected chi connectivity index (χ1v) is 9.06. The molecule has 2 rings (SSSR count). The molecule has 1 N–H and O–H groups in total.